The Labute approximate surface area is 168 Å². The summed E-state index contributed by atoms with van der Waals surface area (Å²) < 4.78 is 5.07. The number of amidine groups is 1. The van der Waals surface area contributed by atoms with E-state index < -0.39 is 12.6 Å². The Bertz CT molecular complexity index is 938. The fourth-order valence-electron chi connectivity index (χ4n) is 2.19. The van der Waals surface area contributed by atoms with Crippen LogP contribution in [0.15, 0.2) is 52.4 Å². The summed E-state index contributed by atoms with van der Waals surface area (Å²) in [7, 11) is 0. The summed E-state index contributed by atoms with van der Waals surface area (Å²) in [6.45, 7) is -0.558. The monoisotopic (exact) mass is 422 g/mol. The lowest BCUT2D eigenvalue weighted by Gasteiger charge is -2.09. The van der Waals surface area contributed by atoms with Crippen LogP contribution in [0.4, 0.5) is 5.69 Å². The molecule has 2 aromatic rings. The highest BCUT2D eigenvalue weighted by atomic mass is 35.5. The molecular formula is C18H12Cl2N2O4S. The molecule has 1 fully saturated rings. The number of ether oxygens (including phenoxy) is 1. The van der Waals surface area contributed by atoms with Gasteiger partial charge in [-0.2, -0.15) is 0 Å². The summed E-state index contributed by atoms with van der Waals surface area (Å²) in [6, 6.07) is 12.3. The third-order valence-electron chi connectivity index (χ3n) is 3.30. The number of rotatable bonds is 5. The molecule has 1 saturated heterocycles. The van der Waals surface area contributed by atoms with E-state index in [0.29, 0.717) is 15.6 Å². The molecule has 0 spiro atoms. The van der Waals surface area contributed by atoms with Gasteiger partial charge in [0.15, 0.2) is 17.5 Å². The standard InChI is InChI=1S/C18H12Cl2N2O4S/c19-12-6-10(7-13(20)16(12)26-9-15(23)24)8-14-17(25)22-18(27-14)21-11-4-2-1-3-5-11/h1-8H,9H2,(H,23,24)(H,21,22,25)/b14-8-. The van der Waals surface area contributed by atoms with E-state index in [1.54, 1.807) is 6.08 Å². The van der Waals surface area contributed by atoms with Gasteiger partial charge >= 0.3 is 5.97 Å². The van der Waals surface area contributed by atoms with Gasteiger partial charge in [0.1, 0.15) is 0 Å². The van der Waals surface area contributed by atoms with Crippen LogP contribution in [0.1, 0.15) is 5.56 Å². The van der Waals surface area contributed by atoms with Crippen LogP contribution in [0.5, 0.6) is 5.75 Å². The SMILES string of the molecule is O=C(O)COc1c(Cl)cc(/C=C2\SC(=Nc3ccccc3)NC2=O)cc1Cl. The minimum Gasteiger partial charge on any atom is -0.479 e. The lowest BCUT2D eigenvalue weighted by molar-refractivity contribution is -0.139. The number of carboxylic acid groups (broad SMARTS) is 1. The molecular weight excluding hydrogens is 411 g/mol. The Morgan fingerprint density at radius 2 is 1.89 bits per heavy atom. The van der Waals surface area contributed by atoms with E-state index in [-0.39, 0.29) is 21.7 Å². The van der Waals surface area contributed by atoms with Gasteiger partial charge in [-0.25, -0.2) is 9.79 Å². The molecule has 9 heteroatoms. The molecule has 0 saturated carbocycles. The molecule has 3 rings (SSSR count). The van der Waals surface area contributed by atoms with Crippen LogP contribution in [-0.4, -0.2) is 28.8 Å². The van der Waals surface area contributed by atoms with Crippen LogP contribution >= 0.6 is 35.0 Å². The second-order valence-corrected chi connectivity index (χ2v) is 7.16. The van der Waals surface area contributed by atoms with Crippen molar-refractivity contribution in [3.63, 3.8) is 0 Å². The maximum Gasteiger partial charge on any atom is 0.341 e. The van der Waals surface area contributed by atoms with Crippen molar-refractivity contribution < 1.29 is 19.4 Å². The first kappa shape index (κ1) is 19.3. The number of nitrogens with zero attached hydrogens (tertiary/aromatic N) is 1. The van der Waals surface area contributed by atoms with Gasteiger partial charge in [-0.05, 0) is 47.7 Å². The zero-order valence-electron chi connectivity index (χ0n) is 13.6. The molecule has 0 radical (unpaired) electrons. The van der Waals surface area contributed by atoms with Gasteiger partial charge in [0, 0.05) is 0 Å². The molecule has 2 N–H and O–H groups in total. The van der Waals surface area contributed by atoms with Gasteiger partial charge in [0.2, 0.25) is 0 Å². The van der Waals surface area contributed by atoms with Crippen LogP contribution < -0.4 is 10.1 Å². The van der Waals surface area contributed by atoms with Crippen LogP contribution in [0.3, 0.4) is 0 Å². The molecule has 0 aromatic heterocycles. The molecule has 0 unspecified atom stereocenters. The van der Waals surface area contributed by atoms with E-state index in [1.807, 2.05) is 30.3 Å². The fraction of sp³-hybridized carbons (Fsp3) is 0.0556. The van der Waals surface area contributed by atoms with Crippen LogP contribution in [0.2, 0.25) is 10.0 Å². The van der Waals surface area contributed by atoms with Crippen molar-refractivity contribution in [2.75, 3.05) is 6.61 Å². The quantitative estimate of drug-likeness (QED) is 0.699. The molecule has 27 heavy (non-hydrogen) atoms. The van der Waals surface area contributed by atoms with Crippen molar-refractivity contribution in [3.05, 3.63) is 63.0 Å². The van der Waals surface area contributed by atoms with Crippen LogP contribution in [0.25, 0.3) is 6.08 Å². The second-order valence-electron chi connectivity index (χ2n) is 5.31. The predicted octanol–water partition coefficient (Wildman–Crippen LogP) is 4.35. The number of carboxylic acids is 1. The largest absolute Gasteiger partial charge is 0.479 e. The first-order valence-electron chi connectivity index (χ1n) is 7.60. The zero-order chi connectivity index (χ0) is 19.4. The average Bonchev–Trinajstić information content (AvgIpc) is 2.94. The van der Waals surface area contributed by atoms with E-state index in [2.05, 4.69) is 10.3 Å². The van der Waals surface area contributed by atoms with Crippen molar-refractivity contribution in [2.24, 2.45) is 4.99 Å². The van der Waals surface area contributed by atoms with Gasteiger partial charge in [-0.3, -0.25) is 4.79 Å². The molecule has 1 heterocycles. The Morgan fingerprint density at radius 1 is 1.22 bits per heavy atom. The van der Waals surface area contributed by atoms with E-state index in [4.69, 9.17) is 33.0 Å². The van der Waals surface area contributed by atoms with Crippen molar-refractivity contribution in [1.29, 1.82) is 0 Å². The van der Waals surface area contributed by atoms with E-state index in [0.717, 1.165) is 5.69 Å². The molecule has 1 aliphatic heterocycles. The number of hydrogen-bond acceptors (Lipinski definition) is 5. The third-order valence-corrected chi connectivity index (χ3v) is 4.77. The van der Waals surface area contributed by atoms with Crippen molar-refractivity contribution in [3.8, 4) is 5.75 Å². The van der Waals surface area contributed by atoms with Crippen molar-refractivity contribution in [2.45, 2.75) is 0 Å². The average molecular weight is 423 g/mol. The minimum absolute atomic E-state index is 0.0812. The fourth-order valence-corrected chi connectivity index (χ4v) is 3.64. The van der Waals surface area contributed by atoms with Crippen LogP contribution in [0, 0.1) is 0 Å². The number of carbonyl (C=O) groups is 2. The number of benzene rings is 2. The van der Waals surface area contributed by atoms with Crippen molar-refractivity contribution >= 4 is 63.8 Å². The Hall–Kier alpha value is -2.48. The summed E-state index contributed by atoms with van der Waals surface area (Å²) in [4.78, 5) is 27.6. The number of amides is 1. The van der Waals surface area contributed by atoms with E-state index >= 15 is 0 Å². The van der Waals surface area contributed by atoms with Gasteiger partial charge < -0.3 is 15.2 Å². The van der Waals surface area contributed by atoms with Crippen LogP contribution in [-0.2, 0) is 9.59 Å². The Kier molecular flexibility index (Phi) is 6.05. The van der Waals surface area contributed by atoms with Crippen molar-refractivity contribution in [1.82, 2.24) is 5.32 Å². The second kappa shape index (κ2) is 8.47. The van der Waals surface area contributed by atoms with Gasteiger partial charge in [-0.1, -0.05) is 41.4 Å². The Balaban J connectivity index is 1.81. The predicted molar refractivity (Wildman–Crippen MR) is 107 cm³/mol. The third kappa shape index (κ3) is 5.03. The summed E-state index contributed by atoms with van der Waals surface area (Å²) in [5.41, 5.74) is 1.30. The lowest BCUT2D eigenvalue weighted by atomic mass is 10.2. The summed E-state index contributed by atoms with van der Waals surface area (Å²) in [5.74, 6) is -1.34. The Morgan fingerprint density at radius 3 is 2.52 bits per heavy atom. The number of para-hydroxylation sites is 1. The summed E-state index contributed by atoms with van der Waals surface area (Å²) in [5, 5.41) is 12.1. The minimum atomic E-state index is -1.14. The van der Waals surface area contributed by atoms with Gasteiger partial charge in [0.05, 0.1) is 20.6 Å². The highest BCUT2D eigenvalue weighted by Crippen LogP contribution is 2.36. The maximum absolute atomic E-state index is 12.2. The lowest BCUT2D eigenvalue weighted by Crippen LogP contribution is -2.19. The normalized spacial score (nSPS) is 16.6. The van der Waals surface area contributed by atoms with Gasteiger partial charge in [-0.15, -0.1) is 0 Å². The highest BCUT2D eigenvalue weighted by Gasteiger charge is 2.24. The van der Waals surface area contributed by atoms with Gasteiger partial charge in [0.25, 0.3) is 5.91 Å². The summed E-state index contributed by atoms with van der Waals surface area (Å²) in [6.07, 6.45) is 1.62. The molecule has 6 nitrogen and oxygen atoms in total. The number of carbonyl (C=O) groups excluding carboxylic acids is 1. The number of halogens is 2. The topological polar surface area (TPSA) is 88.0 Å². The number of aliphatic carboxylic acids is 1. The molecule has 0 bridgehead atoms. The van der Waals surface area contributed by atoms with E-state index in [9.17, 15) is 9.59 Å². The van der Waals surface area contributed by atoms with E-state index in [1.165, 1.54) is 23.9 Å². The first-order valence-corrected chi connectivity index (χ1v) is 9.18. The molecule has 138 valence electrons. The maximum atomic E-state index is 12.2. The number of nitrogens with one attached hydrogen (secondary N) is 1. The first-order chi connectivity index (χ1) is 12.9. The number of aliphatic imine (C=N–C) groups is 1. The molecule has 1 amide bonds. The number of hydrogen-bond donors (Lipinski definition) is 2. The zero-order valence-corrected chi connectivity index (χ0v) is 15.9. The molecule has 0 aliphatic carbocycles. The number of thioether (sulfide) groups is 1. The molecule has 1 aliphatic rings. The smallest absolute Gasteiger partial charge is 0.341 e. The summed E-state index contributed by atoms with van der Waals surface area (Å²) >= 11 is 13.4. The molecule has 2 aromatic carbocycles. The molecule has 0 atom stereocenters. The highest BCUT2D eigenvalue weighted by molar-refractivity contribution is 8.18.